The molecule has 1 unspecified atom stereocenters. The van der Waals surface area contributed by atoms with E-state index in [4.69, 9.17) is 4.74 Å². The second kappa shape index (κ2) is 5.05. The van der Waals surface area contributed by atoms with Crippen molar-refractivity contribution in [3.8, 4) is 0 Å². The van der Waals surface area contributed by atoms with Gasteiger partial charge in [0.05, 0.1) is 17.2 Å². The maximum Gasteiger partial charge on any atom is 0.453 e. The van der Waals surface area contributed by atoms with Gasteiger partial charge in [-0.15, -0.1) is 5.10 Å². The average molecular weight is 343 g/mol. The number of hydrogen-bond acceptors (Lipinski definition) is 5. The van der Waals surface area contributed by atoms with E-state index in [0.717, 1.165) is 4.52 Å². The first-order chi connectivity index (χ1) is 10.9. The largest absolute Gasteiger partial charge is 0.453 e. The molecule has 2 aromatic heterocycles. The average Bonchev–Trinajstić information content (AvgIpc) is 2.87. The van der Waals surface area contributed by atoms with Gasteiger partial charge >= 0.3 is 6.18 Å². The molecule has 0 aliphatic carbocycles. The summed E-state index contributed by atoms with van der Waals surface area (Å²) < 4.78 is 45.8. The van der Waals surface area contributed by atoms with E-state index in [9.17, 15) is 13.2 Å². The highest BCUT2D eigenvalue weighted by Gasteiger charge is 2.46. The van der Waals surface area contributed by atoms with Crippen LogP contribution in [0.5, 0.6) is 0 Å². The molecule has 1 aliphatic heterocycles. The highest BCUT2D eigenvalue weighted by Crippen LogP contribution is 2.39. The van der Waals surface area contributed by atoms with Gasteiger partial charge in [-0.1, -0.05) is 0 Å². The molecule has 1 aliphatic rings. The molecule has 3 rings (SSSR count). The van der Waals surface area contributed by atoms with Gasteiger partial charge in [-0.25, -0.2) is 4.98 Å². The van der Waals surface area contributed by atoms with Crippen LogP contribution in [0.3, 0.4) is 0 Å². The Balaban J connectivity index is 2.02. The molecule has 1 N–H and O–H groups in total. The number of halogens is 3. The number of aromatic nitrogens is 4. The van der Waals surface area contributed by atoms with Gasteiger partial charge in [0.1, 0.15) is 5.82 Å². The maximum absolute atomic E-state index is 12.9. The third-order valence-electron chi connectivity index (χ3n) is 4.09. The molecular weight excluding hydrogens is 323 g/mol. The van der Waals surface area contributed by atoms with E-state index in [-0.39, 0.29) is 17.4 Å². The minimum absolute atomic E-state index is 0.0826. The second-order valence-electron chi connectivity index (χ2n) is 7.29. The number of anilines is 1. The summed E-state index contributed by atoms with van der Waals surface area (Å²) in [6.45, 7) is 9.58. The molecule has 0 bridgehead atoms. The number of alkyl halides is 3. The molecule has 132 valence electrons. The van der Waals surface area contributed by atoms with Crippen molar-refractivity contribution >= 4 is 11.6 Å². The molecule has 24 heavy (non-hydrogen) atoms. The van der Waals surface area contributed by atoms with Crippen LogP contribution in [0.2, 0.25) is 0 Å². The van der Waals surface area contributed by atoms with Crippen molar-refractivity contribution in [2.45, 2.75) is 64.5 Å². The van der Waals surface area contributed by atoms with Crippen molar-refractivity contribution in [1.29, 1.82) is 0 Å². The number of ether oxygens (including phenoxy) is 1. The Labute approximate surface area is 137 Å². The van der Waals surface area contributed by atoms with Crippen LogP contribution in [0.4, 0.5) is 19.0 Å². The first-order valence-electron chi connectivity index (χ1n) is 7.66. The SMILES string of the molecule is Cc1cc(NC2CC(C)(C)OC2(C)C)n2nc(C(F)(F)F)nc2n1. The highest BCUT2D eigenvalue weighted by molar-refractivity contribution is 5.47. The van der Waals surface area contributed by atoms with Crippen LogP contribution in [-0.4, -0.2) is 36.8 Å². The molecule has 0 amide bonds. The van der Waals surface area contributed by atoms with E-state index in [1.165, 1.54) is 0 Å². The monoisotopic (exact) mass is 343 g/mol. The summed E-state index contributed by atoms with van der Waals surface area (Å²) in [5.41, 5.74) is -0.232. The lowest BCUT2D eigenvalue weighted by molar-refractivity contribution is -0.144. The van der Waals surface area contributed by atoms with Crippen molar-refractivity contribution in [1.82, 2.24) is 19.6 Å². The Morgan fingerprint density at radius 1 is 1.25 bits per heavy atom. The summed E-state index contributed by atoms with van der Waals surface area (Å²) in [5.74, 6) is -0.869. The number of hydrogen-bond donors (Lipinski definition) is 1. The van der Waals surface area contributed by atoms with Crippen LogP contribution in [-0.2, 0) is 10.9 Å². The van der Waals surface area contributed by atoms with Crippen molar-refractivity contribution in [2.24, 2.45) is 0 Å². The number of fused-ring (bicyclic) bond motifs is 1. The molecule has 6 nitrogen and oxygen atoms in total. The van der Waals surface area contributed by atoms with Gasteiger partial charge in [-0.2, -0.15) is 22.7 Å². The Bertz CT molecular complexity index is 781. The van der Waals surface area contributed by atoms with E-state index in [0.29, 0.717) is 17.9 Å². The van der Waals surface area contributed by atoms with Crippen LogP contribution in [0.15, 0.2) is 6.07 Å². The summed E-state index contributed by atoms with van der Waals surface area (Å²) in [6.07, 6.45) is -3.90. The third kappa shape index (κ3) is 3.04. The summed E-state index contributed by atoms with van der Waals surface area (Å²) >= 11 is 0. The Kier molecular flexibility index (Phi) is 3.56. The summed E-state index contributed by atoms with van der Waals surface area (Å²) in [6, 6.07) is 1.57. The molecule has 0 radical (unpaired) electrons. The normalized spacial score (nSPS) is 22.9. The molecule has 0 aromatic carbocycles. The molecule has 0 saturated carbocycles. The van der Waals surface area contributed by atoms with Crippen molar-refractivity contribution in [2.75, 3.05) is 5.32 Å². The first-order valence-corrected chi connectivity index (χ1v) is 7.66. The molecule has 3 heterocycles. The lowest BCUT2D eigenvalue weighted by Gasteiger charge is -2.28. The second-order valence-corrected chi connectivity index (χ2v) is 7.29. The van der Waals surface area contributed by atoms with Crippen LogP contribution in [0, 0.1) is 6.92 Å². The molecule has 2 aromatic rings. The van der Waals surface area contributed by atoms with E-state index in [1.54, 1.807) is 13.0 Å². The number of rotatable bonds is 2. The summed E-state index contributed by atoms with van der Waals surface area (Å²) in [4.78, 5) is 7.52. The van der Waals surface area contributed by atoms with Crippen LogP contribution < -0.4 is 5.32 Å². The zero-order chi connectivity index (χ0) is 17.9. The lowest BCUT2D eigenvalue weighted by atomic mass is 9.94. The van der Waals surface area contributed by atoms with Gasteiger partial charge in [0, 0.05) is 11.8 Å². The quantitative estimate of drug-likeness (QED) is 0.907. The minimum atomic E-state index is -4.61. The van der Waals surface area contributed by atoms with Gasteiger partial charge in [0.15, 0.2) is 0 Å². The molecular formula is C15H20F3N5O. The van der Waals surface area contributed by atoms with Crippen LogP contribution >= 0.6 is 0 Å². The molecule has 9 heteroatoms. The minimum Gasteiger partial charge on any atom is -0.367 e. The summed E-state index contributed by atoms with van der Waals surface area (Å²) in [5, 5.41) is 6.83. The lowest BCUT2D eigenvalue weighted by Crippen LogP contribution is -2.38. The topological polar surface area (TPSA) is 64.3 Å². The molecule has 1 atom stereocenters. The predicted octanol–water partition coefficient (Wildman–Crippen LogP) is 3.21. The highest BCUT2D eigenvalue weighted by atomic mass is 19.4. The number of aryl methyl sites for hydroxylation is 1. The fourth-order valence-electron chi connectivity index (χ4n) is 3.18. The van der Waals surface area contributed by atoms with E-state index >= 15 is 0 Å². The van der Waals surface area contributed by atoms with Crippen molar-refractivity contribution < 1.29 is 17.9 Å². The fraction of sp³-hybridized carbons (Fsp3) is 0.667. The smallest absolute Gasteiger partial charge is 0.367 e. The predicted molar refractivity (Wildman–Crippen MR) is 81.8 cm³/mol. The van der Waals surface area contributed by atoms with Gasteiger partial charge < -0.3 is 10.1 Å². The van der Waals surface area contributed by atoms with Crippen LogP contribution in [0.1, 0.15) is 45.6 Å². The van der Waals surface area contributed by atoms with Gasteiger partial charge in [0.25, 0.3) is 11.6 Å². The number of nitrogens with one attached hydrogen (secondary N) is 1. The molecule has 1 saturated heterocycles. The summed E-state index contributed by atoms with van der Waals surface area (Å²) in [7, 11) is 0. The zero-order valence-electron chi connectivity index (χ0n) is 14.2. The van der Waals surface area contributed by atoms with Gasteiger partial charge in [-0.05, 0) is 41.0 Å². The van der Waals surface area contributed by atoms with Gasteiger partial charge in [0.2, 0.25) is 0 Å². The van der Waals surface area contributed by atoms with E-state index in [1.807, 2.05) is 27.7 Å². The van der Waals surface area contributed by atoms with Crippen molar-refractivity contribution in [3.63, 3.8) is 0 Å². The third-order valence-corrected chi connectivity index (χ3v) is 4.09. The Morgan fingerprint density at radius 3 is 2.46 bits per heavy atom. The first kappa shape index (κ1) is 16.9. The van der Waals surface area contributed by atoms with E-state index < -0.39 is 17.6 Å². The van der Waals surface area contributed by atoms with Crippen molar-refractivity contribution in [3.05, 3.63) is 17.6 Å². The Hall–Kier alpha value is -1.90. The molecule has 0 spiro atoms. The fourth-order valence-corrected chi connectivity index (χ4v) is 3.18. The van der Waals surface area contributed by atoms with E-state index in [2.05, 4.69) is 20.4 Å². The maximum atomic E-state index is 12.9. The Morgan fingerprint density at radius 2 is 1.92 bits per heavy atom. The zero-order valence-corrected chi connectivity index (χ0v) is 14.2. The standard InChI is InChI=1S/C15H20F3N5O/c1-8-6-10(20-9-7-13(2,3)24-14(9,4)5)23-12(19-8)21-11(22-23)15(16,17)18/h6,9,20H,7H2,1-5H3. The number of nitrogens with zero attached hydrogens (tertiary/aromatic N) is 4. The van der Waals surface area contributed by atoms with Crippen LogP contribution in [0.25, 0.3) is 5.78 Å². The molecule has 1 fully saturated rings. The van der Waals surface area contributed by atoms with Gasteiger partial charge in [-0.3, -0.25) is 0 Å².